The van der Waals surface area contributed by atoms with Crippen LogP contribution in [0.15, 0.2) is 76.5 Å². The number of hydrogen-bond acceptors (Lipinski definition) is 5. The Morgan fingerprint density at radius 1 is 1.12 bits per heavy atom. The lowest BCUT2D eigenvalue weighted by molar-refractivity contribution is -0.119. The molecule has 5 rings (SSSR count). The molecule has 0 saturated heterocycles. The van der Waals surface area contributed by atoms with Crippen molar-refractivity contribution >= 4 is 17.7 Å². The zero-order valence-corrected chi connectivity index (χ0v) is 18.6. The fraction of sp³-hybridized carbons (Fsp3) is 0.240. The van der Waals surface area contributed by atoms with E-state index in [1.54, 1.807) is 6.26 Å². The van der Waals surface area contributed by atoms with Gasteiger partial charge in [0, 0.05) is 5.69 Å². The molecule has 4 aromatic rings. The molecule has 32 heavy (non-hydrogen) atoms. The highest BCUT2D eigenvalue weighted by Crippen LogP contribution is 2.31. The molecule has 0 spiro atoms. The van der Waals surface area contributed by atoms with Crippen molar-refractivity contribution in [3.63, 3.8) is 0 Å². The second-order valence-electron chi connectivity index (χ2n) is 7.87. The predicted molar refractivity (Wildman–Crippen MR) is 125 cm³/mol. The van der Waals surface area contributed by atoms with Crippen molar-refractivity contribution in [2.24, 2.45) is 0 Å². The number of fused-ring (bicyclic) bond motifs is 1. The van der Waals surface area contributed by atoms with E-state index in [9.17, 15) is 4.79 Å². The summed E-state index contributed by atoms with van der Waals surface area (Å²) in [7, 11) is 0. The summed E-state index contributed by atoms with van der Waals surface area (Å²) in [6, 6.07) is 20.3. The lowest BCUT2D eigenvalue weighted by Crippen LogP contribution is -2.32. The molecule has 1 N–H and O–H groups in total. The number of thioether (sulfide) groups is 1. The second-order valence-corrected chi connectivity index (χ2v) is 8.81. The molecule has 1 aliphatic carbocycles. The Balaban J connectivity index is 1.36. The maximum absolute atomic E-state index is 12.8. The standard InChI is InChI=1S/C25H24N4O2S/c1-17-20(14-15-31-17)24-27-28-25(29(24)19-10-3-2-4-11-19)32-16-23(30)26-22-13-7-9-18-8-5-6-12-21(18)22/h2-6,8,10-12,14-15,22H,7,9,13,16H2,1H3,(H,26,30)/t22-/m1/s1. The summed E-state index contributed by atoms with van der Waals surface area (Å²) in [6.45, 7) is 1.90. The molecule has 0 radical (unpaired) electrons. The first-order chi connectivity index (χ1) is 15.7. The number of para-hydroxylation sites is 1. The van der Waals surface area contributed by atoms with Gasteiger partial charge in [0.1, 0.15) is 5.76 Å². The summed E-state index contributed by atoms with van der Waals surface area (Å²) in [5.74, 6) is 1.75. The van der Waals surface area contributed by atoms with Gasteiger partial charge in [0.05, 0.1) is 23.6 Å². The number of amides is 1. The topological polar surface area (TPSA) is 72.9 Å². The zero-order chi connectivity index (χ0) is 21.9. The van der Waals surface area contributed by atoms with Crippen LogP contribution in [0.4, 0.5) is 0 Å². The Hall–Kier alpha value is -3.32. The van der Waals surface area contributed by atoms with Crippen LogP contribution in [0.2, 0.25) is 0 Å². The average molecular weight is 445 g/mol. The molecule has 6 nitrogen and oxygen atoms in total. The number of nitrogens with zero attached hydrogens (tertiary/aromatic N) is 3. The van der Waals surface area contributed by atoms with Crippen molar-refractivity contribution in [1.29, 1.82) is 0 Å². The average Bonchev–Trinajstić information content (AvgIpc) is 3.44. The Morgan fingerprint density at radius 3 is 2.75 bits per heavy atom. The lowest BCUT2D eigenvalue weighted by atomic mass is 9.88. The van der Waals surface area contributed by atoms with Crippen molar-refractivity contribution < 1.29 is 9.21 Å². The summed E-state index contributed by atoms with van der Waals surface area (Å²) >= 11 is 1.39. The monoisotopic (exact) mass is 444 g/mol. The molecule has 7 heteroatoms. The SMILES string of the molecule is Cc1occc1-c1nnc(SCC(=O)N[C@@H]2CCCc3ccccc32)n1-c1ccccc1. The van der Waals surface area contributed by atoms with Crippen molar-refractivity contribution in [3.8, 4) is 17.1 Å². The Bertz CT molecular complexity index is 1230. The third-order valence-electron chi connectivity index (χ3n) is 5.78. The van der Waals surface area contributed by atoms with Gasteiger partial charge in [0.25, 0.3) is 0 Å². The van der Waals surface area contributed by atoms with E-state index in [0.717, 1.165) is 36.3 Å². The number of benzene rings is 2. The molecule has 1 atom stereocenters. The van der Waals surface area contributed by atoms with Gasteiger partial charge in [0.15, 0.2) is 11.0 Å². The highest BCUT2D eigenvalue weighted by Gasteiger charge is 2.23. The number of hydrogen-bond donors (Lipinski definition) is 1. The fourth-order valence-corrected chi connectivity index (χ4v) is 5.00. The van der Waals surface area contributed by atoms with Gasteiger partial charge in [-0.15, -0.1) is 10.2 Å². The van der Waals surface area contributed by atoms with Crippen LogP contribution < -0.4 is 5.32 Å². The quantitative estimate of drug-likeness (QED) is 0.418. The number of rotatable bonds is 6. The first kappa shape index (κ1) is 20.6. The van der Waals surface area contributed by atoms with Crippen LogP contribution in [0.3, 0.4) is 0 Å². The van der Waals surface area contributed by atoms with Crippen LogP contribution in [0, 0.1) is 6.92 Å². The fourth-order valence-electron chi connectivity index (χ4n) is 4.23. The van der Waals surface area contributed by atoms with E-state index < -0.39 is 0 Å². The largest absolute Gasteiger partial charge is 0.469 e. The minimum absolute atomic E-state index is 0.000330. The summed E-state index contributed by atoms with van der Waals surface area (Å²) in [6.07, 6.45) is 4.78. The third-order valence-corrected chi connectivity index (χ3v) is 6.71. The number of furan rings is 1. The molecule has 0 saturated carbocycles. The Labute approximate surface area is 191 Å². The minimum atomic E-state index is 0.000330. The third kappa shape index (κ3) is 4.08. The van der Waals surface area contributed by atoms with Crippen molar-refractivity contribution in [2.45, 2.75) is 37.4 Å². The Kier molecular flexibility index (Phi) is 5.81. The van der Waals surface area contributed by atoms with E-state index in [2.05, 4.69) is 33.7 Å². The molecule has 1 amide bonds. The van der Waals surface area contributed by atoms with Gasteiger partial charge in [-0.1, -0.05) is 54.2 Å². The van der Waals surface area contributed by atoms with Gasteiger partial charge in [-0.2, -0.15) is 0 Å². The van der Waals surface area contributed by atoms with Gasteiger partial charge in [-0.05, 0) is 55.5 Å². The molecule has 2 aromatic heterocycles. The minimum Gasteiger partial charge on any atom is -0.469 e. The molecular formula is C25H24N4O2S. The molecule has 1 aliphatic rings. The van der Waals surface area contributed by atoms with Crippen LogP contribution in [0.5, 0.6) is 0 Å². The van der Waals surface area contributed by atoms with Crippen molar-refractivity contribution in [2.75, 3.05) is 5.75 Å². The summed E-state index contributed by atoms with van der Waals surface area (Å²) in [5.41, 5.74) is 4.40. The maximum atomic E-state index is 12.8. The first-order valence-corrected chi connectivity index (χ1v) is 11.7. The van der Waals surface area contributed by atoms with Crippen LogP contribution in [0.1, 0.15) is 35.8 Å². The highest BCUT2D eigenvalue weighted by molar-refractivity contribution is 7.99. The van der Waals surface area contributed by atoms with Crippen LogP contribution in [0.25, 0.3) is 17.1 Å². The Morgan fingerprint density at radius 2 is 1.94 bits per heavy atom. The summed E-state index contributed by atoms with van der Waals surface area (Å²) in [4.78, 5) is 12.8. The first-order valence-electron chi connectivity index (χ1n) is 10.8. The van der Waals surface area contributed by atoms with Gasteiger partial charge >= 0.3 is 0 Å². The van der Waals surface area contributed by atoms with E-state index in [-0.39, 0.29) is 17.7 Å². The van der Waals surface area contributed by atoms with Gasteiger partial charge in [0.2, 0.25) is 5.91 Å². The van der Waals surface area contributed by atoms with Crippen LogP contribution in [-0.2, 0) is 11.2 Å². The van der Waals surface area contributed by atoms with Gasteiger partial charge in [-0.25, -0.2) is 0 Å². The molecule has 0 unspecified atom stereocenters. The number of nitrogens with one attached hydrogen (secondary N) is 1. The molecule has 2 aromatic carbocycles. The van der Waals surface area contributed by atoms with Crippen LogP contribution >= 0.6 is 11.8 Å². The van der Waals surface area contributed by atoms with E-state index in [4.69, 9.17) is 4.42 Å². The molecule has 0 bridgehead atoms. The smallest absolute Gasteiger partial charge is 0.230 e. The van der Waals surface area contributed by atoms with Crippen molar-refractivity contribution in [3.05, 3.63) is 83.8 Å². The molecule has 0 fully saturated rings. The van der Waals surface area contributed by atoms with Crippen molar-refractivity contribution in [1.82, 2.24) is 20.1 Å². The highest BCUT2D eigenvalue weighted by atomic mass is 32.2. The van der Waals surface area contributed by atoms with Gasteiger partial charge < -0.3 is 9.73 Å². The zero-order valence-electron chi connectivity index (χ0n) is 17.8. The van der Waals surface area contributed by atoms with E-state index in [1.165, 1.54) is 22.9 Å². The number of aryl methyl sites for hydroxylation is 2. The maximum Gasteiger partial charge on any atom is 0.230 e. The van der Waals surface area contributed by atoms with E-state index >= 15 is 0 Å². The summed E-state index contributed by atoms with van der Waals surface area (Å²) in [5, 5.41) is 12.7. The molecule has 2 heterocycles. The molecule has 0 aliphatic heterocycles. The van der Waals surface area contributed by atoms with Crippen LogP contribution in [-0.4, -0.2) is 26.4 Å². The normalized spacial score (nSPS) is 15.3. The number of aromatic nitrogens is 3. The van der Waals surface area contributed by atoms with E-state index in [0.29, 0.717) is 11.0 Å². The van der Waals surface area contributed by atoms with E-state index in [1.807, 2.05) is 54.0 Å². The lowest BCUT2D eigenvalue weighted by Gasteiger charge is -2.26. The van der Waals surface area contributed by atoms with Gasteiger partial charge in [-0.3, -0.25) is 9.36 Å². The summed E-state index contributed by atoms with van der Waals surface area (Å²) < 4.78 is 7.46. The molecular weight excluding hydrogens is 420 g/mol. The number of carbonyl (C=O) groups is 1. The molecule has 162 valence electrons. The predicted octanol–water partition coefficient (Wildman–Crippen LogP) is 5.12. The number of carbonyl (C=O) groups excluding carboxylic acids is 1. The second kappa shape index (κ2) is 9.04.